The van der Waals surface area contributed by atoms with Crippen molar-refractivity contribution >= 4 is 22.1 Å². The summed E-state index contributed by atoms with van der Waals surface area (Å²) in [6, 6.07) is 22.8. The molecule has 0 aliphatic heterocycles. The summed E-state index contributed by atoms with van der Waals surface area (Å²) in [5.74, 6) is 1.22. The van der Waals surface area contributed by atoms with Crippen molar-refractivity contribution in [3.63, 3.8) is 0 Å². The number of phenolic OH excluding ortho intramolecular Hbond substituents is 1. The molecule has 0 atom stereocenters. The summed E-state index contributed by atoms with van der Waals surface area (Å²) in [6.45, 7) is 13.1. The van der Waals surface area contributed by atoms with Crippen LogP contribution in [-0.4, -0.2) is 25.0 Å². The van der Waals surface area contributed by atoms with E-state index in [0.29, 0.717) is 17.3 Å². The van der Waals surface area contributed by atoms with Crippen LogP contribution in [0.25, 0.3) is 55.7 Å². The number of pyridine rings is 2. The first-order chi connectivity index (χ1) is 19.1. The molecule has 0 aliphatic carbocycles. The van der Waals surface area contributed by atoms with Crippen LogP contribution in [0.2, 0.25) is 0 Å². The Kier molecular flexibility index (Phi) is 6.18. The van der Waals surface area contributed by atoms with Crippen LogP contribution < -0.4 is 0 Å². The largest absolute Gasteiger partial charge is 0.507 e. The minimum atomic E-state index is -0.0472. The lowest BCUT2D eigenvalue weighted by molar-refractivity contribution is 0.475. The maximum atomic E-state index is 10.8. The smallest absolute Gasteiger partial charge is 0.142 e. The molecular weight excluding hydrogens is 492 g/mol. The number of hydrogen-bond acceptors (Lipinski definition) is 4. The Labute approximate surface area is 235 Å². The second-order valence-corrected chi connectivity index (χ2v) is 12.0. The fourth-order valence-corrected chi connectivity index (χ4v) is 5.32. The van der Waals surface area contributed by atoms with Crippen LogP contribution >= 0.6 is 0 Å². The summed E-state index contributed by atoms with van der Waals surface area (Å²) in [6.07, 6.45) is 3.66. The molecule has 3 aromatic carbocycles. The first-order valence-electron chi connectivity index (χ1n) is 13.8. The molecule has 3 aromatic heterocycles. The van der Waals surface area contributed by atoms with E-state index in [1.54, 1.807) is 6.07 Å². The van der Waals surface area contributed by atoms with E-state index in [9.17, 15) is 5.11 Å². The number of nitrogens with zero attached hydrogens (tertiary/aromatic N) is 3. The number of aromatic amines is 1. The average Bonchev–Trinajstić information content (AvgIpc) is 3.35. The highest BCUT2D eigenvalue weighted by atomic mass is 16.3. The van der Waals surface area contributed by atoms with Crippen molar-refractivity contribution in [3.8, 4) is 39.4 Å². The van der Waals surface area contributed by atoms with Crippen molar-refractivity contribution in [1.29, 1.82) is 0 Å². The minimum absolute atomic E-state index is 0.0472. The number of benzene rings is 3. The molecule has 200 valence electrons. The molecule has 0 fully saturated rings. The normalized spacial score (nSPS) is 12.1. The number of rotatable bonds is 4. The molecule has 0 spiro atoms. The maximum absolute atomic E-state index is 10.8. The summed E-state index contributed by atoms with van der Waals surface area (Å²) in [5.41, 5.74) is 12.1. The monoisotopic (exact) mass is 526 g/mol. The molecule has 0 aliphatic rings. The molecule has 6 aromatic rings. The number of H-pyrrole nitrogens is 1. The molecule has 6 rings (SSSR count). The minimum Gasteiger partial charge on any atom is -0.507 e. The molecule has 0 radical (unpaired) electrons. The second-order valence-electron chi connectivity index (χ2n) is 12.0. The van der Waals surface area contributed by atoms with Gasteiger partial charge in [-0.05, 0) is 94.6 Å². The number of nitrogens with one attached hydrogen (secondary N) is 1. The van der Waals surface area contributed by atoms with Crippen molar-refractivity contribution in [2.45, 2.75) is 52.9 Å². The standard InChI is InChI=1S/C35H34N4O/c1-20(2)22-17-27(24-15-21(3)14-23(16-24)26-11-13-36-29-8-7-12-37-32(26)29)33-30(18-22)38-34(39-33)28-19-25(35(4,5)6)9-10-31(28)40/h7-20,40H,1-6H3,(H,38,39). The van der Waals surface area contributed by atoms with Gasteiger partial charge in [0.25, 0.3) is 0 Å². The van der Waals surface area contributed by atoms with E-state index in [0.717, 1.165) is 55.4 Å². The highest BCUT2D eigenvalue weighted by Gasteiger charge is 2.20. The molecule has 3 heterocycles. The number of imidazole rings is 1. The van der Waals surface area contributed by atoms with E-state index >= 15 is 0 Å². The first kappa shape index (κ1) is 25.8. The molecule has 40 heavy (non-hydrogen) atoms. The van der Waals surface area contributed by atoms with Crippen molar-refractivity contribution < 1.29 is 5.11 Å². The third kappa shape index (κ3) is 4.62. The Bertz CT molecular complexity index is 1890. The Morgan fingerprint density at radius 1 is 0.775 bits per heavy atom. The lowest BCUT2D eigenvalue weighted by atomic mass is 9.86. The van der Waals surface area contributed by atoms with Gasteiger partial charge in [-0.1, -0.05) is 52.8 Å². The molecule has 5 nitrogen and oxygen atoms in total. The molecule has 0 unspecified atom stereocenters. The van der Waals surface area contributed by atoms with Gasteiger partial charge in [-0.2, -0.15) is 0 Å². The van der Waals surface area contributed by atoms with Crippen molar-refractivity contribution in [1.82, 2.24) is 19.9 Å². The predicted molar refractivity (Wildman–Crippen MR) is 165 cm³/mol. The van der Waals surface area contributed by atoms with Gasteiger partial charge in [0.15, 0.2) is 0 Å². The molecule has 0 saturated heterocycles. The molecule has 0 amide bonds. The van der Waals surface area contributed by atoms with Gasteiger partial charge in [0.2, 0.25) is 0 Å². The number of fused-ring (bicyclic) bond motifs is 2. The van der Waals surface area contributed by atoms with Gasteiger partial charge >= 0.3 is 0 Å². The molecule has 2 N–H and O–H groups in total. The van der Waals surface area contributed by atoms with Crippen LogP contribution in [0.1, 0.15) is 57.2 Å². The average molecular weight is 527 g/mol. The summed E-state index contributed by atoms with van der Waals surface area (Å²) < 4.78 is 0. The van der Waals surface area contributed by atoms with Crippen LogP contribution in [-0.2, 0) is 5.41 Å². The van der Waals surface area contributed by atoms with E-state index in [-0.39, 0.29) is 11.2 Å². The zero-order valence-corrected chi connectivity index (χ0v) is 23.9. The quantitative estimate of drug-likeness (QED) is 0.240. The van der Waals surface area contributed by atoms with Gasteiger partial charge in [0.05, 0.1) is 27.6 Å². The van der Waals surface area contributed by atoms with E-state index in [2.05, 4.69) is 86.8 Å². The Morgan fingerprint density at radius 3 is 2.30 bits per heavy atom. The van der Waals surface area contributed by atoms with Crippen LogP contribution in [0.3, 0.4) is 0 Å². The van der Waals surface area contributed by atoms with Crippen molar-refractivity contribution in [3.05, 3.63) is 95.8 Å². The second kappa shape index (κ2) is 9.60. The fraction of sp³-hybridized carbons (Fsp3) is 0.229. The van der Waals surface area contributed by atoms with Crippen LogP contribution in [0.5, 0.6) is 5.75 Å². The lowest BCUT2D eigenvalue weighted by Gasteiger charge is -2.19. The SMILES string of the molecule is Cc1cc(-c2ccnc3cccnc23)cc(-c2cc(C(C)C)cc3[nH]c(-c4cc(C(C)(C)C)ccc4O)nc23)c1. The number of hydrogen-bond donors (Lipinski definition) is 2. The van der Waals surface area contributed by atoms with Crippen LogP contribution in [0.15, 0.2) is 79.1 Å². The summed E-state index contributed by atoms with van der Waals surface area (Å²) in [5, 5.41) is 10.8. The highest BCUT2D eigenvalue weighted by molar-refractivity contribution is 5.97. The van der Waals surface area contributed by atoms with Crippen molar-refractivity contribution in [2.24, 2.45) is 0 Å². The summed E-state index contributed by atoms with van der Waals surface area (Å²) in [7, 11) is 0. The van der Waals surface area contributed by atoms with E-state index in [4.69, 9.17) is 4.98 Å². The van der Waals surface area contributed by atoms with Gasteiger partial charge in [0, 0.05) is 23.5 Å². The van der Waals surface area contributed by atoms with E-state index < -0.39 is 0 Å². The third-order valence-corrected chi connectivity index (χ3v) is 7.59. The number of phenols is 1. The van der Waals surface area contributed by atoms with Gasteiger partial charge in [0.1, 0.15) is 11.6 Å². The Morgan fingerprint density at radius 2 is 1.55 bits per heavy atom. The maximum Gasteiger partial charge on any atom is 0.142 e. The van der Waals surface area contributed by atoms with Crippen LogP contribution in [0, 0.1) is 6.92 Å². The third-order valence-electron chi connectivity index (χ3n) is 7.59. The number of aromatic nitrogens is 4. The molecule has 0 bridgehead atoms. The van der Waals surface area contributed by atoms with Gasteiger partial charge < -0.3 is 10.1 Å². The fourth-order valence-electron chi connectivity index (χ4n) is 5.32. The summed E-state index contributed by atoms with van der Waals surface area (Å²) >= 11 is 0. The number of aromatic hydroxyl groups is 1. The van der Waals surface area contributed by atoms with Crippen molar-refractivity contribution in [2.75, 3.05) is 0 Å². The lowest BCUT2D eigenvalue weighted by Crippen LogP contribution is -2.10. The van der Waals surface area contributed by atoms with E-state index in [1.807, 2.05) is 42.7 Å². The van der Waals surface area contributed by atoms with Gasteiger partial charge in [-0.15, -0.1) is 0 Å². The zero-order valence-electron chi connectivity index (χ0n) is 23.9. The number of aryl methyl sites for hydroxylation is 1. The topological polar surface area (TPSA) is 74.7 Å². The summed E-state index contributed by atoms with van der Waals surface area (Å²) in [4.78, 5) is 17.8. The Balaban J connectivity index is 1.57. The molecular formula is C35H34N4O. The Hall–Kier alpha value is -4.51. The molecule has 0 saturated carbocycles. The first-order valence-corrected chi connectivity index (χ1v) is 13.8. The van der Waals surface area contributed by atoms with Gasteiger partial charge in [-0.3, -0.25) is 9.97 Å². The zero-order chi connectivity index (χ0) is 28.2. The predicted octanol–water partition coefficient (Wildman–Crippen LogP) is 8.94. The van der Waals surface area contributed by atoms with Crippen LogP contribution in [0.4, 0.5) is 0 Å². The highest BCUT2D eigenvalue weighted by Crippen LogP contribution is 2.39. The van der Waals surface area contributed by atoms with E-state index in [1.165, 1.54) is 5.56 Å². The molecule has 5 heteroatoms. The van der Waals surface area contributed by atoms with Gasteiger partial charge in [-0.25, -0.2) is 4.98 Å².